The summed E-state index contributed by atoms with van der Waals surface area (Å²) in [5.74, 6) is 0. The first kappa shape index (κ1) is 15.5. The SMILES string of the molecule is CCc1c(-c2ccccc2)c(CC)n(Cc2ccncc2)c1C. The van der Waals surface area contributed by atoms with Gasteiger partial charge < -0.3 is 4.57 Å². The van der Waals surface area contributed by atoms with Crippen molar-refractivity contribution in [2.45, 2.75) is 40.2 Å². The van der Waals surface area contributed by atoms with Crippen LogP contribution in [0.25, 0.3) is 11.1 Å². The minimum Gasteiger partial charge on any atom is -0.344 e. The number of pyridine rings is 1. The number of hydrogen-bond donors (Lipinski definition) is 0. The fraction of sp³-hybridized carbons (Fsp3) is 0.286. The topological polar surface area (TPSA) is 17.8 Å². The van der Waals surface area contributed by atoms with E-state index < -0.39 is 0 Å². The van der Waals surface area contributed by atoms with Crippen molar-refractivity contribution in [2.75, 3.05) is 0 Å². The van der Waals surface area contributed by atoms with E-state index in [-0.39, 0.29) is 0 Å². The molecule has 0 fully saturated rings. The van der Waals surface area contributed by atoms with Crippen LogP contribution in [0.4, 0.5) is 0 Å². The van der Waals surface area contributed by atoms with Gasteiger partial charge in [-0.15, -0.1) is 0 Å². The normalized spacial score (nSPS) is 10.9. The van der Waals surface area contributed by atoms with Gasteiger partial charge in [0.25, 0.3) is 0 Å². The van der Waals surface area contributed by atoms with Gasteiger partial charge in [-0.1, -0.05) is 44.2 Å². The summed E-state index contributed by atoms with van der Waals surface area (Å²) in [5.41, 5.74) is 8.36. The zero-order valence-electron chi connectivity index (χ0n) is 14.2. The Hall–Kier alpha value is -2.35. The van der Waals surface area contributed by atoms with E-state index in [0.29, 0.717) is 0 Å². The molecule has 0 saturated heterocycles. The van der Waals surface area contributed by atoms with Crippen molar-refractivity contribution in [3.05, 3.63) is 77.4 Å². The minimum absolute atomic E-state index is 0.914. The summed E-state index contributed by atoms with van der Waals surface area (Å²) in [6, 6.07) is 15.0. The predicted molar refractivity (Wildman–Crippen MR) is 96.7 cm³/mol. The van der Waals surface area contributed by atoms with Crippen molar-refractivity contribution < 1.29 is 0 Å². The maximum atomic E-state index is 4.13. The van der Waals surface area contributed by atoms with Gasteiger partial charge in [0.15, 0.2) is 0 Å². The lowest BCUT2D eigenvalue weighted by molar-refractivity contribution is 0.724. The first-order valence-corrected chi connectivity index (χ1v) is 8.41. The second kappa shape index (κ2) is 6.82. The quantitative estimate of drug-likeness (QED) is 0.646. The summed E-state index contributed by atoms with van der Waals surface area (Å²) in [7, 11) is 0. The Balaban J connectivity index is 2.15. The molecule has 0 spiro atoms. The standard InChI is InChI=1S/C21H24N2/c1-4-19-16(3)23(15-17-11-13-22-14-12-17)20(5-2)21(19)18-9-7-6-8-10-18/h6-14H,4-5,15H2,1-3H3. The molecule has 2 heterocycles. The molecule has 2 heteroatoms. The average Bonchev–Trinajstić information content (AvgIpc) is 2.88. The van der Waals surface area contributed by atoms with E-state index in [4.69, 9.17) is 0 Å². The van der Waals surface area contributed by atoms with Gasteiger partial charge in [-0.25, -0.2) is 0 Å². The number of hydrogen-bond acceptors (Lipinski definition) is 1. The molecule has 0 amide bonds. The van der Waals surface area contributed by atoms with Crippen LogP contribution in [0.3, 0.4) is 0 Å². The summed E-state index contributed by atoms with van der Waals surface area (Å²) < 4.78 is 2.48. The van der Waals surface area contributed by atoms with Gasteiger partial charge in [-0.05, 0) is 48.6 Å². The van der Waals surface area contributed by atoms with Crippen molar-refractivity contribution >= 4 is 0 Å². The van der Waals surface area contributed by atoms with Gasteiger partial charge in [-0.3, -0.25) is 4.98 Å². The van der Waals surface area contributed by atoms with Crippen molar-refractivity contribution in [2.24, 2.45) is 0 Å². The molecule has 0 aliphatic carbocycles. The Bertz CT molecular complexity index is 771. The molecule has 0 aliphatic heterocycles. The first-order chi connectivity index (χ1) is 11.3. The van der Waals surface area contributed by atoms with Gasteiger partial charge in [0.2, 0.25) is 0 Å². The molecule has 3 aromatic rings. The van der Waals surface area contributed by atoms with Gasteiger partial charge in [0, 0.05) is 35.9 Å². The highest BCUT2D eigenvalue weighted by molar-refractivity contribution is 5.72. The molecule has 0 unspecified atom stereocenters. The maximum Gasteiger partial charge on any atom is 0.0476 e. The summed E-state index contributed by atoms with van der Waals surface area (Å²) in [4.78, 5) is 4.13. The Morgan fingerprint density at radius 2 is 1.61 bits per heavy atom. The number of aromatic nitrogens is 2. The number of benzene rings is 1. The lowest BCUT2D eigenvalue weighted by atomic mass is 9.98. The summed E-state index contributed by atoms with van der Waals surface area (Å²) in [5, 5.41) is 0. The smallest absolute Gasteiger partial charge is 0.0476 e. The van der Waals surface area contributed by atoms with E-state index in [1.165, 1.54) is 33.6 Å². The molecule has 0 aliphatic rings. The largest absolute Gasteiger partial charge is 0.344 e. The zero-order chi connectivity index (χ0) is 16.2. The molecule has 0 radical (unpaired) electrons. The van der Waals surface area contributed by atoms with Crippen LogP contribution in [0.5, 0.6) is 0 Å². The van der Waals surface area contributed by atoms with Crippen LogP contribution in [0.1, 0.15) is 36.4 Å². The van der Waals surface area contributed by atoms with Crippen molar-refractivity contribution in [3.63, 3.8) is 0 Å². The van der Waals surface area contributed by atoms with Crippen LogP contribution in [0, 0.1) is 6.92 Å². The molecule has 2 aromatic heterocycles. The van der Waals surface area contributed by atoms with Crippen LogP contribution in [0.2, 0.25) is 0 Å². The van der Waals surface area contributed by atoms with Crippen LogP contribution in [-0.4, -0.2) is 9.55 Å². The highest BCUT2D eigenvalue weighted by Crippen LogP contribution is 2.34. The Labute approximate surface area is 138 Å². The lowest BCUT2D eigenvalue weighted by Gasteiger charge is -2.12. The number of rotatable bonds is 5. The average molecular weight is 304 g/mol. The van der Waals surface area contributed by atoms with Crippen LogP contribution >= 0.6 is 0 Å². The molecule has 3 rings (SSSR count). The molecule has 2 nitrogen and oxygen atoms in total. The van der Waals surface area contributed by atoms with Gasteiger partial charge in [-0.2, -0.15) is 0 Å². The predicted octanol–water partition coefficient (Wildman–Crippen LogP) is 5.03. The molecule has 0 saturated carbocycles. The molecule has 118 valence electrons. The molecule has 23 heavy (non-hydrogen) atoms. The van der Waals surface area contributed by atoms with Gasteiger partial charge in [0.1, 0.15) is 0 Å². The maximum absolute atomic E-state index is 4.13. The number of nitrogens with zero attached hydrogens (tertiary/aromatic N) is 2. The molecular weight excluding hydrogens is 280 g/mol. The van der Waals surface area contributed by atoms with Gasteiger partial charge in [0.05, 0.1) is 0 Å². The third-order valence-electron chi connectivity index (χ3n) is 4.60. The summed E-state index contributed by atoms with van der Waals surface area (Å²) in [6.45, 7) is 7.68. The Morgan fingerprint density at radius 3 is 2.22 bits per heavy atom. The monoisotopic (exact) mass is 304 g/mol. The molecule has 0 bridgehead atoms. The van der Waals surface area contributed by atoms with E-state index in [1.54, 1.807) is 0 Å². The van der Waals surface area contributed by atoms with Crippen LogP contribution in [-0.2, 0) is 19.4 Å². The molecule has 0 N–H and O–H groups in total. The highest BCUT2D eigenvalue weighted by Gasteiger charge is 2.19. The fourth-order valence-corrected chi connectivity index (χ4v) is 3.49. The molecular formula is C21H24N2. The third-order valence-corrected chi connectivity index (χ3v) is 4.60. The van der Waals surface area contributed by atoms with Crippen molar-refractivity contribution in [3.8, 4) is 11.1 Å². The summed E-state index contributed by atoms with van der Waals surface area (Å²) >= 11 is 0. The second-order valence-corrected chi connectivity index (χ2v) is 5.90. The van der Waals surface area contributed by atoms with Crippen LogP contribution in [0.15, 0.2) is 54.9 Å². The highest BCUT2D eigenvalue weighted by atomic mass is 15.0. The fourth-order valence-electron chi connectivity index (χ4n) is 3.49. The lowest BCUT2D eigenvalue weighted by Crippen LogP contribution is -2.06. The van der Waals surface area contributed by atoms with E-state index in [1.807, 2.05) is 12.4 Å². The van der Waals surface area contributed by atoms with Gasteiger partial charge >= 0.3 is 0 Å². The third kappa shape index (κ3) is 2.94. The van der Waals surface area contributed by atoms with Crippen molar-refractivity contribution in [1.29, 1.82) is 0 Å². The second-order valence-electron chi connectivity index (χ2n) is 5.90. The summed E-state index contributed by atoms with van der Waals surface area (Å²) in [6.07, 6.45) is 5.85. The van der Waals surface area contributed by atoms with Crippen LogP contribution < -0.4 is 0 Å². The Kier molecular flexibility index (Phi) is 4.61. The molecule has 0 atom stereocenters. The first-order valence-electron chi connectivity index (χ1n) is 8.41. The minimum atomic E-state index is 0.914. The molecule has 1 aromatic carbocycles. The van der Waals surface area contributed by atoms with E-state index >= 15 is 0 Å². The van der Waals surface area contributed by atoms with E-state index in [9.17, 15) is 0 Å². The van der Waals surface area contributed by atoms with Crippen molar-refractivity contribution in [1.82, 2.24) is 9.55 Å². The van der Waals surface area contributed by atoms with E-state index in [2.05, 4.69) is 72.8 Å². The Morgan fingerprint density at radius 1 is 0.913 bits per heavy atom. The zero-order valence-corrected chi connectivity index (χ0v) is 14.2. The van der Waals surface area contributed by atoms with E-state index in [0.717, 1.165) is 19.4 Å².